The molecule has 2 heteroatoms. The highest BCUT2D eigenvalue weighted by molar-refractivity contribution is 5.17. The van der Waals surface area contributed by atoms with Crippen LogP contribution in [0.1, 0.15) is 11.1 Å². The van der Waals surface area contributed by atoms with Gasteiger partial charge < -0.3 is 4.90 Å². The number of benzene rings is 2. The van der Waals surface area contributed by atoms with Crippen LogP contribution in [0.2, 0.25) is 0 Å². The van der Waals surface area contributed by atoms with Crippen molar-refractivity contribution in [2.75, 3.05) is 13.6 Å². The predicted octanol–water partition coefficient (Wildman–Crippen LogP) is 3.50. The first-order valence-electron chi connectivity index (χ1n) is 6.21. The van der Waals surface area contributed by atoms with E-state index in [0.717, 1.165) is 25.1 Å². The van der Waals surface area contributed by atoms with Crippen LogP contribution >= 0.6 is 0 Å². The van der Waals surface area contributed by atoms with Gasteiger partial charge in [-0.05, 0) is 36.7 Å². The van der Waals surface area contributed by atoms with E-state index in [4.69, 9.17) is 0 Å². The van der Waals surface area contributed by atoms with Crippen molar-refractivity contribution >= 4 is 0 Å². The van der Waals surface area contributed by atoms with E-state index in [9.17, 15) is 4.39 Å². The molecule has 0 aliphatic heterocycles. The summed E-state index contributed by atoms with van der Waals surface area (Å²) < 4.78 is 12.8. The van der Waals surface area contributed by atoms with Gasteiger partial charge in [-0.3, -0.25) is 0 Å². The highest BCUT2D eigenvalue weighted by Gasteiger charge is 2.01. The minimum Gasteiger partial charge on any atom is -0.302 e. The van der Waals surface area contributed by atoms with E-state index in [1.54, 1.807) is 0 Å². The molecule has 2 aromatic rings. The lowest BCUT2D eigenvalue weighted by molar-refractivity contribution is 0.331. The van der Waals surface area contributed by atoms with Gasteiger partial charge in [0, 0.05) is 13.1 Å². The lowest BCUT2D eigenvalue weighted by atomic mass is 10.1. The molecular weight excluding hydrogens is 225 g/mol. The highest BCUT2D eigenvalue weighted by Crippen LogP contribution is 2.07. The molecule has 0 N–H and O–H groups in total. The highest BCUT2D eigenvalue weighted by atomic mass is 19.1. The van der Waals surface area contributed by atoms with Crippen LogP contribution in [0.5, 0.6) is 0 Å². The number of hydrogen-bond acceptors (Lipinski definition) is 1. The fourth-order valence-electron chi connectivity index (χ4n) is 1.95. The Labute approximate surface area is 108 Å². The average molecular weight is 243 g/mol. The maximum Gasteiger partial charge on any atom is 0.123 e. The van der Waals surface area contributed by atoms with Crippen molar-refractivity contribution in [2.45, 2.75) is 13.0 Å². The van der Waals surface area contributed by atoms with E-state index in [1.807, 2.05) is 18.2 Å². The molecule has 0 fully saturated rings. The Morgan fingerprint density at radius 3 is 2.22 bits per heavy atom. The Bertz CT molecular complexity index is 464. The van der Waals surface area contributed by atoms with Gasteiger partial charge in [-0.1, -0.05) is 42.5 Å². The van der Waals surface area contributed by atoms with Crippen molar-refractivity contribution in [1.82, 2.24) is 4.90 Å². The van der Waals surface area contributed by atoms with Crippen LogP contribution in [0.25, 0.3) is 0 Å². The van der Waals surface area contributed by atoms with Gasteiger partial charge in [-0.15, -0.1) is 0 Å². The molecular formula is C16H18FN. The second-order valence-electron chi connectivity index (χ2n) is 4.60. The molecule has 0 aliphatic rings. The summed E-state index contributed by atoms with van der Waals surface area (Å²) in [5.74, 6) is -0.175. The summed E-state index contributed by atoms with van der Waals surface area (Å²) in [7, 11) is 2.09. The zero-order valence-electron chi connectivity index (χ0n) is 10.6. The summed E-state index contributed by atoms with van der Waals surface area (Å²) in [6.45, 7) is 1.86. The first kappa shape index (κ1) is 12.8. The normalized spacial score (nSPS) is 10.8. The molecule has 0 unspecified atom stereocenters. The van der Waals surface area contributed by atoms with Crippen LogP contribution in [0.3, 0.4) is 0 Å². The van der Waals surface area contributed by atoms with Gasteiger partial charge in [0.05, 0.1) is 0 Å². The zero-order chi connectivity index (χ0) is 12.8. The maximum atomic E-state index is 12.8. The number of halogens is 1. The fourth-order valence-corrected chi connectivity index (χ4v) is 1.95. The fraction of sp³-hybridized carbons (Fsp3) is 0.250. The van der Waals surface area contributed by atoms with E-state index >= 15 is 0 Å². The van der Waals surface area contributed by atoms with Crippen LogP contribution < -0.4 is 0 Å². The third kappa shape index (κ3) is 3.97. The molecule has 0 saturated heterocycles. The second kappa shape index (κ2) is 6.31. The summed E-state index contributed by atoms with van der Waals surface area (Å²) in [6.07, 6.45) is 1.04. The summed E-state index contributed by atoms with van der Waals surface area (Å²) in [4.78, 5) is 2.25. The Kier molecular flexibility index (Phi) is 4.48. The molecule has 0 spiro atoms. The molecule has 0 radical (unpaired) electrons. The molecule has 0 heterocycles. The van der Waals surface area contributed by atoms with Crippen LogP contribution in [0.4, 0.5) is 4.39 Å². The summed E-state index contributed by atoms with van der Waals surface area (Å²) >= 11 is 0. The number of hydrogen-bond donors (Lipinski definition) is 0. The molecule has 1 nitrogen and oxygen atoms in total. The monoisotopic (exact) mass is 243 g/mol. The summed E-state index contributed by atoms with van der Waals surface area (Å²) in [5, 5.41) is 0. The molecule has 0 bridgehead atoms. The molecule has 18 heavy (non-hydrogen) atoms. The van der Waals surface area contributed by atoms with Crippen molar-refractivity contribution in [3.63, 3.8) is 0 Å². The topological polar surface area (TPSA) is 3.24 Å². The lowest BCUT2D eigenvalue weighted by Crippen LogP contribution is -2.20. The maximum absolute atomic E-state index is 12.8. The lowest BCUT2D eigenvalue weighted by Gasteiger charge is -2.16. The first-order chi connectivity index (χ1) is 8.74. The minimum absolute atomic E-state index is 0.175. The molecule has 2 rings (SSSR count). The minimum atomic E-state index is -0.175. The van der Waals surface area contributed by atoms with Crippen LogP contribution in [-0.4, -0.2) is 18.5 Å². The predicted molar refractivity (Wildman–Crippen MR) is 72.9 cm³/mol. The van der Waals surface area contributed by atoms with Gasteiger partial charge in [-0.2, -0.15) is 0 Å². The van der Waals surface area contributed by atoms with Crippen molar-refractivity contribution < 1.29 is 4.39 Å². The number of likely N-dealkylation sites (N-methyl/N-ethyl adjacent to an activating group) is 1. The third-order valence-electron chi connectivity index (χ3n) is 2.99. The van der Waals surface area contributed by atoms with E-state index in [2.05, 4.69) is 36.2 Å². The van der Waals surface area contributed by atoms with E-state index in [1.165, 1.54) is 17.7 Å². The van der Waals surface area contributed by atoms with Gasteiger partial charge in [0.15, 0.2) is 0 Å². The molecule has 0 aliphatic carbocycles. The molecule has 0 aromatic heterocycles. The van der Waals surface area contributed by atoms with Crippen molar-refractivity contribution in [1.29, 1.82) is 0 Å². The summed E-state index contributed by atoms with van der Waals surface area (Å²) in [5.41, 5.74) is 2.50. The Morgan fingerprint density at radius 1 is 0.889 bits per heavy atom. The Balaban J connectivity index is 1.82. The molecule has 94 valence electrons. The number of rotatable bonds is 5. The molecule has 0 atom stereocenters. The van der Waals surface area contributed by atoms with Crippen molar-refractivity contribution in [2.24, 2.45) is 0 Å². The quantitative estimate of drug-likeness (QED) is 0.777. The van der Waals surface area contributed by atoms with Crippen LogP contribution in [-0.2, 0) is 13.0 Å². The molecule has 2 aromatic carbocycles. The van der Waals surface area contributed by atoms with Crippen LogP contribution in [0.15, 0.2) is 54.6 Å². The van der Waals surface area contributed by atoms with Gasteiger partial charge in [-0.25, -0.2) is 4.39 Å². The molecule has 0 amide bonds. The number of nitrogens with zero attached hydrogens (tertiary/aromatic N) is 1. The van der Waals surface area contributed by atoms with E-state index < -0.39 is 0 Å². The SMILES string of the molecule is CN(CCc1ccccc1)Cc1ccc(F)cc1. The van der Waals surface area contributed by atoms with Gasteiger partial charge >= 0.3 is 0 Å². The molecule has 0 saturated carbocycles. The largest absolute Gasteiger partial charge is 0.302 e. The summed E-state index contributed by atoms with van der Waals surface area (Å²) in [6, 6.07) is 17.2. The van der Waals surface area contributed by atoms with Crippen molar-refractivity contribution in [3.8, 4) is 0 Å². The third-order valence-corrected chi connectivity index (χ3v) is 2.99. The van der Waals surface area contributed by atoms with E-state index in [0.29, 0.717) is 0 Å². The Morgan fingerprint density at radius 2 is 1.56 bits per heavy atom. The van der Waals surface area contributed by atoms with Gasteiger partial charge in [0.25, 0.3) is 0 Å². The Hall–Kier alpha value is -1.67. The van der Waals surface area contributed by atoms with E-state index in [-0.39, 0.29) is 5.82 Å². The van der Waals surface area contributed by atoms with Crippen LogP contribution in [0, 0.1) is 5.82 Å². The van der Waals surface area contributed by atoms with Gasteiger partial charge in [0.1, 0.15) is 5.82 Å². The smallest absolute Gasteiger partial charge is 0.123 e. The first-order valence-corrected chi connectivity index (χ1v) is 6.21. The van der Waals surface area contributed by atoms with Crippen molar-refractivity contribution in [3.05, 3.63) is 71.5 Å². The second-order valence-corrected chi connectivity index (χ2v) is 4.60. The average Bonchev–Trinajstić information content (AvgIpc) is 2.40. The zero-order valence-corrected chi connectivity index (χ0v) is 10.6. The van der Waals surface area contributed by atoms with Gasteiger partial charge in [0.2, 0.25) is 0 Å². The standard InChI is InChI=1S/C16H18FN/c1-18(12-11-14-5-3-2-4-6-14)13-15-7-9-16(17)10-8-15/h2-10H,11-13H2,1H3.